The van der Waals surface area contributed by atoms with Crippen molar-refractivity contribution in [2.24, 2.45) is 5.41 Å². The number of hydrogen-bond donors (Lipinski definition) is 0. The van der Waals surface area contributed by atoms with Crippen LogP contribution in [-0.2, 0) is 0 Å². The normalized spacial score (nSPS) is 16.8. The summed E-state index contributed by atoms with van der Waals surface area (Å²) in [5.41, 5.74) is -0.936. The monoisotopic (exact) mass is 499 g/mol. The zero-order valence-electron chi connectivity index (χ0n) is 19.0. The summed E-state index contributed by atoms with van der Waals surface area (Å²) < 4.78 is 77.3. The van der Waals surface area contributed by atoms with Crippen LogP contribution in [-0.4, -0.2) is 38.9 Å². The fraction of sp³-hybridized carbons (Fsp3) is 0.320. The molecule has 6 nitrogen and oxygen atoms in total. The van der Waals surface area contributed by atoms with Crippen molar-refractivity contribution in [1.29, 1.82) is 0 Å². The van der Waals surface area contributed by atoms with E-state index in [0.717, 1.165) is 6.07 Å². The lowest BCUT2D eigenvalue weighted by Crippen LogP contribution is -2.22. The van der Waals surface area contributed by atoms with E-state index >= 15 is 4.39 Å². The standard InChI is InChI=1S/C25H18F5N5O/c1-14-32-33-23-31-22(19-17(35(14)23)7-6-16(26)20(19)27)34-12-3-13-36-21-15(4-2-5-18(21)34)8-9-24(10-11-24)25(28,29)30/h2,4-7H,3,10-13H2,1H3. The van der Waals surface area contributed by atoms with Crippen LogP contribution in [0, 0.1) is 35.8 Å². The predicted molar refractivity (Wildman–Crippen MR) is 121 cm³/mol. The SMILES string of the molecule is Cc1nnc2nc(N3CCCOc4c(C#CC5(C(F)(F)F)CC5)cccc43)c3c(F)c(F)ccc3n12. The van der Waals surface area contributed by atoms with Crippen LogP contribution < -0.4 is 9.64 Å². The first-order valence-corrected chi connectivity index (χ1v) is 11.3. The molecule has 11 heteroatoms. The lowest BCUT2D eigenvalue weighted by molar-refractivity contribution is -0.168. The largest absolute Gasteiger partial charge is 0.490 e. The van der Waals surface area contributed by atoms with Gasteiger partial charge >= 0.3 is 6.18 Å². The van der Waals surface area contributed by atoms with E-state index in [-0.39, 0.29) is 47.7 Å². The van der Waals surface area contributed by atoms with Gasteiger partial charge in [-0.15, -0.1) is 10.2 Å². The van der Waals surface area contributed by atoms with Crippen LogP contribution in [0.5, 0.6) is 5.75 Å². The summed E-state index contributed by atoms with van der Waals surface area (Å²) in [6.45, 7) is 2.26. The van der Waals surface area contributed by atoms with E-state index < -0.39 is 23.2 Å². The van der Waals surface area contributed by atoms with Gasteiger partial charge in [0.15, 0.2) is 17.4 Å². The molecule has 0 atom stereocenters. The van der Waals surface area contributed by atoms with Gasteiger partial charge in [-0.3, -0.25) is 4.40 Å². The summed E-state index contributed by atoms with van der Waals surface area (Å²) in [6.07, 6.45) is -3.99. The molecule has 0 bridgehead atoms. The summed E-state index contributed by atoms with van der Waals surface area (Å²) in [7, 11) is 0. The lowest BCUT2D eigenvalue weighted by atomic mass is 10.1. The maximum absolute atomic E-state index is 15.3. The Morgan fingerprint density at radius 1 is 1.08 bits per heavy atom. The second-order valence-electron chi connectivity index (χ2n) is 8.91. The van der Waals surface area contributed by atoms with Crippen molar-refractivity contribution in [3.05, 3.63) is 53.4 Å². The predicted octanol–water partition coefficient (Wildman–Crippen LogP) is 5.48. The Bertz CT molecular complexity index is 1600. The molecule has 36 heavy (non-hydrogen) atoms. The van der Waals surface area contributed by atoms with E-state index in [9.17, 15) is 17.6 Å². The molecule has 2 aromatic carbocycles. The lowest BCUT2D eigenvalue weighted by Gasteiger charge is -2.25. The topological polar surface area (TPSA) is 55.5 Å². The van der Waals surface area contributed by atoms with Gasteiger partial charge in [0.25, 0.3) is 5.78 Å². The minimum absolute atomic E-state index is 0.0377. The van der Waals surface area contributed by atoms with Crippen molar-refractivity contribution in [2.45, 2.75) is 32.4 Å². The number of rotatable bonds is 1. The number of para-hydroxylation sites is 1. The Balaban J connectivity index is 1.56. The van der Waals surface area contributed by atoms with Gasteiger partial charge in [0.2, 0.25) is 0 Å². The molecule has 0 spiro atoms. The molecule has 1 aliphatic carbocycles. The summed E-state index contributed by atoms with van der Waals surface area (Å²) in [6, 6.07) is 7.37. The molecule has 0 amide bonds. The summed E-state index contributed by atoms with van der Waals surface area (Å²) in [5, 5.41) is 8.01. The maximum Gasteiger partial charge on any atom is 0.405 e. The fourth-order valence-corrected chi connectivity index (χ4v) is 4.51. The van der Waals surface area contributed by atoms with Crippen LogP contribution in [0.3, 0.4) is 0 Å². The number of aromatic nitrogens is 4. The zero-order chi connectivity index (χ0) is 25.2. The highest BCUT2D eigenvalue weighted by molar-refractivity contribution is 5.95. The zero-order valence-corrected chi connectivity index (χ0v) is 19.0. The number of hydrogen-bond acceptors (Lipinski definition) is 5. The molecule has 1 aliphatic heterocycles. The van der Waals surface area contributed by atoms with E-state index in [1.54, 1.807) is 30.0 Å². The third-order valence-corrected chi connectivity index (χ3v) is 6.59. The fourth-order valence-electron chi connectivity index (χ4n) is 4.51. The van der Waals surface area contributed by atoms with E-state index in [1.807, 2.05) is 0 Å². The average molecular weight is 499 g/mol. The van der Waals surface area contributed by atoms with E-state index in [4.69, 9.17) is 4.74 Å². The van der Waals surface area contributed by atoms with Crippen molar-refractivity contribution in [3.8, 4) is 17.6 Å². The average Bonchev–Trinajstić information content (AvgIpc) is 3.60. The van der Waals surface area contributed by atoms with Gasteiger partial charge in [0.05, 0.1) is 28.8 Å². The summed E-state index contributed by atoms with van der Waals surface area (Å²) in [5.74, 6) is 3.99. The molecule has 0 N–H and O–H groups in total. The Morgan fingerprint density at radius 2 is 1.89 bits per heavy atom. The number of ether oxygens (including phenoxy) is 1. The molecule has 0 radical (unpaired) electrons. The first kappa shape index (κ1) is 22.5. The molecule has 2 aromatic heterocycles. The number of fused-ring (bicyclic) bond motifs is 4. The number of nitrogens with zero attached hydrogens (tertiary/aromatic N) is 5. The highest BCUT2D eigenvalue weighted by atomic mass is 19.4. The molecular weight excluding hydrogens is 481 g/mol. The maximum atomic E-state index is 15.3. The first-order valence-electron chi connectivity index (χ1n) is 11.3. The molecule has 1 saturated carbocycles. The third-order valence-electron chi connectivity index (χ3n) is 6.59. The second-order valence-corrected chi connectivity index (χ2v) is 8.91. The molecule has 6 rings (SSSR count). The van der Waals surface area contributed by atoms with Crippen LogP contribution in [0.2, 0.25) is 0 Å². The molecule has 4 aromatic rings. The van der Waals surface area contributed by atoms with Crippen LogP contribution in [0.1, 0.15) is 30.7 Å². The van der Waals surface area contributed by atoms with Gasteiger partial charge in [-0.25, -0.2) is 8.78 Å². The third kappa shape index (κ3) is 3.35. The minimum Gasteiger partial charge on any atom is -0.490 e. The van der Waals surface area contributed by atoms with Gasteiger partial charge in [-0.1, -0.05) is 17.9 Å². The number of benzene rings is 2. The Labute approximate surface area is 201 Å². The highest BCUT2D eigenvalue weighted by Gasteiger charge is 2.62. The number of alkyl halides is 3. The van der Waals surface area contributed by atoms with Gasteiger partial charge in [-0.05, 0) is 50.5 Å². The quantitative estimate of drug-likeness (QED) is 0.257. The van der Waals surface area contributed by atoms with E-state index in [1.165, 1.54) is 10.5 Å². The van der Waals surface area contributed by atoms with Crippen molar-refractivity contribution in [2.75, 3.05) is 18.1 Å². The molecule has 0 unspecified atom stereocenters. The van der Waals surface area contributed by atoms with Crippen LogP contribution in [0.15, 0.2) is 30.3 Å². The first-order chi connectivity index (χ1) is 17.2. The highest BCUT2D eigenvalue weighted by Crippen LogP contribution is 2.57. The van der Waals surface area contributed by atoms with E-state index in [2.05, 4.69) is 27.0 Å². The van der Waals surface area contributed by atoms with Gasteiger partial charge in [0.1, 0.15) is 17.1 Å². The second kappa shape index (κ2) is 7.78. The van der Waals surface area contributed by atoms with Gasteiger partial charge < -0.3 is 9.64 Å². The Kier molecular flexibility index (Phi) is 4.87. The van der Waals surface area contributed by atoms with Crippen molar-refractivity contribution >= 4 is 28.2 Å². The molecule has 0 saturated heterocycles. The molecule has 184 valence electrons. The Morgan fingerprint density at radius 3 is 2.64 bits per heavy atom. The smallest absolute Gasteiger partial charge is 0.405 e. The van der Waals surface area contributed by atoms with Gasteiger partial charge in [-0.2, -0.15) is 18.2 Å². The van der Waals surface area contributed by atoms with Crippen LogP contribution >= 0.6 is 0 Å². The van der Waals surface area contributed by atoms with Crippen molar-refractivity contribution in [1.82, 2.24) is 19.6 Å². The van der Waals surface area contributed by atoms with Crippen molar-refractivity contribution < 1.29 is 26.7 Å². The Hall–Kier alpha value is -3.94. The summed E-state index contributed by atoms with van der Waals surface area (Å²) >= 11 is 0. The number of anilines is 2. The van der Waals surface area contributed by atoms with Gasteiger partial charge in [0, 0.05) is 6.54 Å². The van der Waals surface area contributed by atoms with Crippen LogP contribution in [0.25, 0.3) is 16.7 Å². The summed E-state index contributed by atoms with van der Waals surface area (Å²) in [4.78, 5) is 6.18. The molecule has 3 heterocycles. The number of halogens is 5. The molecule has 1 fully saturated rings. The van der Waals surface area contributed by atoms with Crippen molar-refractivity contribution in [3.63, 3.8) is 0 Å². The van der Waals surface area contributed by atoms with Crippen LogP contribution in [0.4, 0.5) is 33.5 Å². The number of aryl methyl sites for hydroxylation is 1. The van der Waals surface area contributed by atoms with E-state index in [0.29, 0.717) is 30.0 Å². The minimum atomic E-state index is -4.41. The molecule has 2 aliphatic rings. The molecular formula is C25H18F5N5O.